The molecule has 3 aromatic rings. The Labute approximate surface area is 161 Å². The Morgan fingerprint density at radius 2 is 1.63 bits per heavy atom. The minimum Gasteiger partial charge on any atom is -0.478 e. The summed E-state index contributed by atoms with van der Waals surface area (Å²) in [5, 5.41) is 14.9. The number of hydrogen-bond acceptors (Lipinski definition) is 4. The molecule has 0 saturated carbocycles. The molecule has 0 bridgehead atoms. The lowest BCUT2D eigenvalue weighted by molar-refractivity contribution is -0.114. The van der Waals surface area contributed by atoms with Gasteiger partial charge < -0.3 is 15.7 Å². The summed E-state index contributed by atoms with van der Waals surface area (Å²) in [6.45, 7) is 0.0351. The van der Waals surface area contributed by atoms with Gasteiger partial charge in [-0.25, -0.2) is 4.79 Å². The van der Waals surface area contributed by atoms with E-state index in [-0.39, 0.29) is 18.0 Å². The molecular weight excluding hydrogens is 360 g/mol. The molecule has 0 aromatic heterocycles. The van der Waals surface area contributed by atoms with Crippen molar-refractivity contribution in [3.63, 3.8) is 0 Å². The summed E-state index contributed by atoms with van der Waals surface area (Å²) in [6.07, 6.45) is 0. The maximum absolute atomic E-state index is 12.3. The van der Waals surface area contributed by atoms with Crippen LogP contribution in [0.1, 0.15) is 10.4 Å². The van der Waals surface area contributed by atoms with E-state index in [1.165, 1.54) is 12.1 Å². The normalized spacial score (nSPS) is 10.2. The summed E-state index contributed by atoms with van der Waals surface area (Å²) in [4.78, 5) is 25.4. The Balaban J connectivity index is 1.63. The second kappa shape index (κ2) is 8.91. The van der Waals surface area contributed by atoms with Crippen LogP contribution in [-0.4, -0.2) is 23.5 Å². The summed E-state index contributed by atoms with van der Waals surface area (Å²) in [5.41, 5.74) is 1.49. The number of carbonyl (C=O) groups is 2. The second-order valence-electron chi connectivity index (χ2n) is 5.70. The SMILES string of the molecule is O=C(CNc1cccc(C(=O)O)c1)Nc1ccccc1Sc1ccccc1. The van der Waals surface area contributed by atoms with E-state index in [0.29, 0.717) is 5.69 Å². The third-order valence-corrected chi connectivity index (χ3v) is 4.78. The number of carboxylic acids is 1. The molecule has 0 unspecified atom stereocenters. The Morgan fingerprint density at radius 3 is 2.41 bits per heavy atom. The zero-order valence-electron chi connectivity index (χ0n) is 14.4. The molecule has 0 aliphatic rings. The van der Waals surface area contributed by atoms with Gasteiger partial charge in [-0.15, -0.1) is 0 Å². The predicted molar refractivity (Wildman–Crippen MR) is 108 cm³/mol. The van der Waals surface area contributed by atoms with Crippen LogP contribution in [0.25, 0.3) is 0 Å². The summed E-state index contributed by atoms with van der Waals surface area (Å²) in [7, 11) is 0. The number of benzene rings is 3. The number of carboxylic acid groups (broad SMARTS) is 1. The maximum atomic E-state index is 12.3. The molecule has 5 nitrogen and oxygen atoms in total. The third kappa shape index (κ3) is 5.36. The lowest BCUT2D eigenvalue weighted by Crippen LogP contribution is -2.22. The fourth-order valence-electron chi connectivity index (χ4n) is 2.41. The highest BCUT2D eigenvalue weighted by molar-refractivity contribution is 7.99. The first-order chi connectivity index (χ1) is 13.1. The number of anilines is 2. The molecule has 1 amide bonds. The quantitative estimate of drug-likeness (QED) is 0.561. The van der Waals surface area contributed by atoms with Gasteiger partial charge in [0.15, 0.2) is 0 Å². The molecular formula is C21H18N2O3S. The van der Waals surface area contributed by atoms with Gasteiger partial charge in [0, 0.05) is 15.5 Å². The number of para-hydroxylation sites is 1. The summed E-state index contributed by atoms with van der Waals surface area (Å²) < 4.78 is 0. The molecule has 136 valence electrons. The van der Waals surface area contributed by atoms with Crippen LogP contribution in [0.4, 0.5) is 11.4 Å². The molecule has 6 heteroatoms. The van der Waals surface area contributed by atoms with Gasteiger partial charge in [-0.05, 0) is 42.5 Å². The fraction of sp³-hybridized carbons (Fsp3) is 0.0476. The van der Waals surface area contributed by atoms with E-state index >= 15 is 0 Å². The molecule has 0 heterocycles. The first-order valence-electron chi connectivity index (χ1n) is 8.31. The highest BCUT2D eigenvalue weighted by Crippen LogP contribution is 2.33. The molecule has 0 saturated heterocycles. The van der Waals surface area contributed by atoms with Crippen LogP contribution >= 0.6 is 11.8 Å². The number of hydrogen-bond donors (Lipinski definition) is 3. The molecule has 3 rings (SSSR count). The minimum atomic E-state index is -1.00. The fourth-order valence-corrected chi connectivity index (χ4v) is 3.34. The average molecular weight is 378 g/mol. The van der Waals surface area contributed by atoms with E-state index in [4.69, 9.17) is 5.11 Å². The van der Waals surface area contributed by atoms with Gasteiger partial charge in [0.25, 0.3) is 0 Å². The van der Waals surface area contributed by atoms with Crippen molar-refractivity contribution in [2.24, 2.45) is 0 Å². The van der Waals surface area contributed by atoms with Crippen molar-refractivity contribution in [3.8, 4) is 0 Å². The number of carbonyl (C=O) groups excluding carboxylic acids is 1. The number of aromatic carboxylic acids is 1. The van der Waals surface area contributed by atoms with Crippen LogP contribution in [0, 0.1) is 0 Å². The van der Waals surface area contributed by atoms with Crippen LogP contribution in [0.2, 0.25) is 0 Å². The Hall–Kier alpha value is -3.25. The number of amides is 1. The van der Waals surface area contributed by atoms with Crippen LogP contribution < -0.4 is 10.6 Å². The minimum absolute atomic E-state index is 0.0351. The largest absolute Gasteiger partial charge is 0.478 e. The monoisotopic (exact) mass is 378 g/mol. The number of nitrogens with one attached hydrogen (secondary N) is 2. The lowest BCUT2D eigenvalue weighted by atomic mass is 10.2. The van der Waals surface area contributed by atoms with Gasteiger partial charge in [-0.3, -0.25) is 4.79 Å². The van der Waals surface area contributed by atoms with Gasteiger partial charge in [0.1, 0.15) is 0 Å². The van der Waals surface area contributed by atoms with E-state index < -0.39 is 5.97 Å². The zero-order chi connectivity index (χ0) is 19.1. The van der Waals surface area contributed by atoms with Crippen molar-refractivity contribution in [2.75, 3.05) is 17.2 Å². The van der Waals surface area contributed by atoms with Gasteiger partial charge >= 0.3 is 5.97 Å². The van der Waals surface area contributed by atoms with Gasteiger partial charge in [-0.2, -0.15) is 0 Å². The Bertz CT molecular complexity index is 945. The average Bonchev–Trinajstić information content (AvgIpc) is 2.69. The van der Waals surface area contributed by atoms with E-state index in [9.17, 15) is 9.59 Å². The zero-order valence-corrected chi connectivity index (χ0v) is 15.2. The standard InChI is InChI=1S/C21H18N2O3S/c24-20(14-22-16-8-6-7-15(13-16)21(25)26)23-18-11-4-5-12-19(18)27-17-9-2-1-3-10-17/h1-13,22H,14H2,(H,23,24)(H,25,26). The van der Waals surface area contributed by atoms with Crippen molar-refractivity contribution < 1.29 is 14.7 Å². The molecule has 0 spiro atoms. The molecule has 0 radical (unpaired) electrons. The molecule has 0 fully saturated rings. The number of rotatable bonds is 7. The van der Waals surface area contributed by atoms with Crippen LogP contribution in [0.15, 0.2) is 88.7 Å². The Morgan fingerprint density at radius 1 is 0.889 bits per heavy atom. The first kappa shape index (κ1) is 18.5. The summed E-state index contributed by atoms with van der Waals surface area (Å²) in [5.74, 6) is -1.22. The van der Waals surface area contributed by atoms with Crippen molar-refractivity contribution in [2.45, 2.75) is 9.79 Å². The predicted octanol–water partition coefficient (Wildman–Crippen LogP) is 4.59. The van der Waals surface area contributed by atoms with E-state index in [1.54, 1.807) is 23.9 Å². The third-order valence-electron chi connectivity index (χ3n) is 3.69. The van der Waals surface area contributed by atoms with E-state index in [0.717, 1.165) is 15.5 Å². The van der Waals surface area contributed by atoms with Gasteiger partial charge in [0.05, 0.1) is 17.8 Å². The highest BCUT2D eigenvalue weighted by atomic mass is 32.2. The van der Waals surface area contributed by atoms with Crippen LogP contribution in [-0.2, 0) is 4.79 Å². The lowest BCUT2D eigenvalue weighted by Gasteiger charge is -2.12. The molecule has 3 N–H and O–H groups in total. The van der Waals surface area contributed by atoms with Gasteiger partial charge in [0.2, 0.25) is 5.91 Å². The van der Waals surface area contributed by atoms with Gasteiger partial charge in [-0.1, -0.05) is 48.2 Å². The van der Waals surface area contributed by atoms with Crippen molar-refractivity contribution >= 4 is 35.0 Å². The van der Waals surface area contributed by atoms with E-state index in [1.807, 2.05) is 54.6 Å². The van der Waals surface area contributed by atoms with Crippen molar-refractivity contribution in [1.82, 2.24) is 0 Å². The smallest absolute Gasteiger partial charge is 0.335 e. The van der Waals surface area contributed by atoms with Crippen LogP contribution in [0.5, 0.6) is 0 Å². The molecule has 27 heavy (non-hydrogen) atoms. The molecule has 0 aliphatic heterocycles. The molecule has 0 atom stereocenters. The van der Waals surface area contributed by atoms with E-state index in [2.05, 4.69) is 10.6 Å². The summed E-state index contributed by atoms with van der Waals surface area (Å²) in [6, 6.07) is 23.9. The van der Waals surface area contributed by atoms with Crippen molar-refractivity contribution in [1.29, 1.82) is 0 Å². The molecule has 0 aliphatic carbocycles. The van der Waals surface area contributed by atoms with Crippen LogP contribution in [0.3, 0.4) is 0 Å². The first-order valence-corrected chi connectivity index (χ1v) is 9.12. The summed E-state index contributed by atoms with van der Waals surface area (Å²) >= 11 is 1.58. The second-order valence-corrected chi connectivity index (χ2v) is 6.81. The highest BCUT2D eigenvalue weighted by Gasteiger charge is 2.09. The maximum Gasteiger partial charge on any atom is 0.335 e. The molecule has 3 aromatic carbocycles. The Kier molecular flexibility index (Phi) is 6.12. The van der Waals surface area contributed by atoms with Crippen molar-refractivity contribution in [3.05, 3.63) is 84.4 Å². The topological polar surface area (TPSA) is 78.4 Å².